The van der Waals surface area contributed by atoms with E-state index in [2.05, 4.69) is 31.9 Å². The van der Waals surface area contributed by atoms with Gasteiger partial charge in [-0.25, -0.2) is 19.0 Å². The predicted octanol–water partition coefficient (Wildman–Crippen LogP) is -0.218. The molecule has 73 heavy (non-hydrogen) atoms. The number of rotatable bonds is 23. The molecule has 0 radical (unpaired) electrons. The van der Waals surface area contributed by atoms with Gasteiger partial charge in [-0.15, -0.1) is 0 Å². The molecule has 7 rings (SSSR count). The second-order valence-corrected chi connectivity index (χ2v) is 19.4. The van der Waals surface area contributed by atoms with Crippen molar-refractivity contribution in [1.29, 1.82) is 0 Å². The molecular weight excluding hydrogens is 956 g/mol. The quantitative estimate of drug-likeness (QED) is 0.0261. The molecular formula is C49H63FN10O13. The fraction of sp³-hybridized carbons (Fsp3) is 0.551. The number of esters is 1. The number of aliphatic carboxylic acids is 1. The summed E-state index contributed by atoms with van der Waals surface area (Å²) in [7, 11) is 0. The van der Waals surface area contributed by atoms with Crippen LogP contribution in [0.3, 0.4) is 0 Å². The lowest BCUT2D eigenvalue weighted by atomic mass is 9.78. The van der Waals surface area contributed by atoms with Crippen molar-refractivity contribution in [1.82, 2.24) is 41.5 Å². The number of carboxylic acid groups (broad SMARTS) is 1. The Morgan fingerprint density at radius 3 is 2.41 bits per heavy atom. The Kier molecular flexibility index (Phi) is 16.5. The first-order chi connectivity index (χ1) is 34.7. The third-order valence-electron chi connectivity index (χ3n) is 14.3. The maximum atomic E-state index is 15.4. The van der Waals surface area contributed by atoms with Gasteiger partial charge in [-0.2, -0.15) is 0 Å². The monoisotopic (exact) mass is 1020 g/mol. The van der Waals surface area contributed by atoms with E-state index in [1.807, 2.05) is 0 Å². The average molecular weight is 1020 g/mol. The second kappa shape index (κ2) is 22.4. The number of aliphatic hydroxyl groups is 1. The summed E-state index contributed by atoms with van der Waals surface area (Å²) in [4.78, 5) is 120. The number of nitrogens with one attached hydrogen (secondary N) is 6. The zero-order chi connectivity index (χ0) is 53.1. The fourth-order valence-electron chi connectivity index (χ4n) is 10.0. The van der Waals surface area contributed by atoms with E-state index < -0.39 is 95.6 Å². The summed E-state index contributed by atoms with van der Waals surface area (Å²) in [6, 6.07) is -1.51. The third kappa shape index (κ3) is 11.4. The number of hydrogen-bond acceptors (Lipinski definition) is 14. The van der Waals surface area contributed by atoms with Crippen LogP contribution in [0.4, 0.5) is 9.18 Å². The Morgan fingerprint density at radius 2 is 1.73 bits per heavy atom. The zero-order valence-corrected chi connectivity index (χ0v) is 41.1. The molecule has 24 heteroatoms. The van der Waals surface area contributed by atoms with Gasteiger partial charge in [0.25, 0.3) is 5.56 Å². The molecule has 2 aromatic heterocycles. The SMILES string of the molecule is CC[C@@]1(O)C(=O)OCc2c1cc1n(c2=O)Cc2c-1nc1cc(F)c(C)c3c1c2[C@@H](CNC(=O)[C@H]1C[C@@H]1COCNC(=O)[C@H](CCCNC(N)=O)NC(=O)[C@@H](NC(=O)[C@H](CCC(=O)O)NC(=O)CN)C(C)C)CC3. The van der Waals surface area contributed by atoms with Crippen LogP contribution in [0.5, 0.6) is 0 Å². The highest BCUT2D eigenvalue weighted by Crippen LogP contribution is 2.47. The summed E-state index contributed by atoms with van der Waals surface area (Å²) in [5.41, 5.74) is 12.6. The number of halogens is 1. The molecule has 7 atom stereocenters. The van der Waals surface area contributed by atoms with Gasteiger partial charge < -0.3 is 67.6 Å². The summed E-state index contributed by atoms with van der Waals surface area (Å²) in [6.45, 7) is 6.14. The van der Waals surface area contributed by atoms with E-state index in [1.54, 1.807) is 33.8 Å². The van der Waals surface area contributed by atoms with E-state index in [-0.39, 0.29) is 100 Å². The van der Waals surface area contributed by atoms with Crippen LogP contribution < -0.4 is 48.9 Å². The van der Waals surface area contributed by atoms with Crippen molar-refractivity contribution in [2.24, 2.45) is 29.2 Å². The minimum absolute atomic E-state index is 0.0266. The molecule has 23 nitrogen and oxygen atoms in total. The van der Waals surface area contributed by atoms with Crippen molar-refractivity contribution < 1.29 is 62.4 Å². The predicted molar refractivity (Wildman–Crippen MR) is 257 cm³/mol. The van der Waals surface area contributed by atoms with Crippen LogP contribution in [-0.2, 0) is 68.2 Å². The Morgan fingerprint density at radius 1 is 0.986 bits per heavy atom. The molecule has 1 saturated carbocycles. The van der Waals surface area contributed by atoms with E-state index in [0.29, 0.717) is 41.7 Å². The molecule has 0 saturated heterocycles. The first-order valence-electron chi connectivity index (χ1n) is 24.5. The Hall–Kier alpha value is -7.05. The topological polar surface area (TPSA) is 355 Å². The van der Waals surface area contributed by atoms with Crippen molar-refractivity contribution in [3.8, 4) is 11.4 Å². The number of amides is 7. The van der Waals surface area contributed by atoms with Crippen LogP contribution in [0.1, 0.15) is 105 Å². The Labute approximate surface area is 418 Å². The highest BCUT2D eigenvalue weighted by molar-refractivity contribution is 5.96. The number of aromatic nitrogens is 2. The summed E-state index contributed by atoms with van der Waals surface area (Å²) < 4.78 is 28.0. The highest BCUT2D eigenvalue weighted by Gasteiger charge is 2.47. The lowest BCUT2D eigenvalue weighted by Crippen LogP contribution is -2.58. The van der Waals surface area contributed by atoms with Crippen molar-refractivity contribution in [3.05, 3.63) is 61.7 Å². The van der Waals surface area contributed by atoms with E-state index in [4.69, 9.17) is 31.0 Å². The number of carboxylic acids is 1. The molecule has 394 valence electrons. The first kappa shape index (κ1) is 53.7. The highest BCUT2D eigenvalue weighted by atomic mass is 19.1. The molecule has 2 aliphatic carbocycles. The number of carbonyl (C=O) groups is 8. The van der Waals surface area contributed by atoms with Gasteiger partial charge in [-0.05, 0) is 86.5 Å². The third-order valence-corrected chi connectivity index (χ3v) is 14.3. The molecule has 0 spiro atoms. The number of benzene rings is 1. The molecule has 4 aliphatic rings. The van der Waals surface area contributed by atoms with Gasteiger partial charge in [0.2, 0.25) is 29.5 Å². The first-order valence-corrected chi connectivity index (χ1v) is 24.5. The molecule has 4 heterocycles. The van der Waals surface area contributed by atoms with Gasteiger partial charge in [-0.3, -0.25) is 33.6 Å². The van der Waals surface area contributed by atoms with Crippen LogP contribution in [0, 0.1) is 30.5 Å². The van der Waals surface area contributed by atoms with E-state index >= 15 is 4.39 Å². The molecule has 7 amide bonds. The average Bonchev–Trinajstić information content (AvgIpc) is 4.04. The number of nitrogens with two attached hydrogens (primary N) is 2. The normalized spacial score (nSPS) is 20.3. The number of ether oxygens (including phenoxy) is 2. The number of aryl methyl sites for hydroxylation is 1. The van der Waals surface area contributed by atoms with Crippen molar-refractivity contribution in [3.63, 3.8) is 0 Å². The minimum Gasteiger partial charge on any atom is -0.481 e. The van der Waals surface area contributed by atoms with E-state index in [1.165, 1.54) is 10.6 Å². The molecule has 0 unspecified atom stereocenters. The maximum Gasteiger partial charge on any atom is 0.343 e. The Balaban J connectivity index is 0.969. The van der Waals surface area contributed by atoms with Gasteiger partial charge in [-0.1, -0.05) is 20.8 Å². The van der Waals surface area contributed by atoms with Crippen LogP contribution in [0.15, 0.2) is 16.9 Å². The Bertz CT molecular complexity index is 2800. The number of primary amides is 1. The largest absolute Gasteiger partial charge is 0.481 e. The zero-order valence-electron chi connectivity index (χ0n) is 41.1. The number of urea groups is 1. The van der Waals surface area contributed by atoms with Gasteiger partial charge in [0.1, 0.15) is 37.3 Å². The number of carbonyl (C=O) groups excluding carboxylic acids is 7. The van der Waals surface area contributed by atoms with Gasteiger partial charge in [0.15, 0.2) is 5.60 Å². The number of cyclic esters (lactones) is 1. The number of fused-ring (bicyclic) bond motifs is 5. The molecule has 2 aliphatic heterocycles. The molecule has 1 fully saturated rings. The van der Waals surface area contributed by atoms with Crippen LogP contribution in [-0.4, -0.2) is 118 Å². The number of pyridine rings is 2. The maximum absolute atomic E-state index is 15.4. The number of nitrogens with zero attached hydrogens (tertiary/aromatic N) is 2. The summed E-state index contributed by atoms with van der Waals surface area (Å²) in [6.07, 6.45) is 1.09. The number of hydrogen-bond donors (Lipinski definition) is 10. The van der Waals surface area contributed by atoms with Gasteiger partial charge in [0, 0.05) is 53.9 Å². The summed E-state index contributed by atoms with van der Waals surface area (Å²) in [5.74, 6) is -6.95. The lowest BCUT2D eigenvalue weighted by molar-refractivity contribution is -0.172. The second-order valence-electron chi connectivity index (χ2n) is 19.4. The van der Waals surface area contributed by atoms with Gasteiger partial charge in [0.05, 0.1) is 42.2 Å². The van der Waals surface area contributed by atoms with Gasteiger partial charge >= 0.3 is 18.0 Å². The van der Waals surface area contributed by atoms with Crippen LogP contribution in [0.2, 0.25) is 0 Å². The van der Waals surface area contributed by atoms with E-state index in [0.717, 1.165) is 22.1 Å². The van der Waals surface area contributed by atoms with Crippen LogP contribution in [0.25, 0.3) is 22.3 Å². The molecule has 1 aromatic carbocycles. The van der Waals surface area contributed by atoms with Crippen molar-refractivity contribution in [2.75, 3.05) is 33.0 Å². The van der Waals surface area contributed by atoms with Crippen LogP contribution >= 0.6 is 0 Å². The molecule has 12 N–H and O–H groups in total. The standard InChI is InChI=1S/C49H63FN10O13/c1-5-49(71)30-14-35-41-28(18-60(35)46(68)29(30)20-73-47(49)69)38-24(8-9-26-23(4)31(50)15-34(57-41)39(26)38)17-54-42(64)27-13-25(27)19-72-21-55-43(65)32(7-6-12-53-48(52)70)58-45(67)40(22(2)3)59-44(66)33(10-11-37(62)63)56-36(61)16-51/h14-15,22,24-25,27,32-33,40,71H,5-13,16-21,51H2,1-4H3,(H,54,64)(H,55,65)(H,56,61)(H,58,67)(H,59,66)(H,62,63)(H3,52,53,70)/t24-,25-,27+,32+,33+,40+,49+/m1/s1. The summed E-state index contributed by atoms with van der Waals surface area (Å²) >= 11 is 0. The fourth-order valence-corrected chi connectivity index (χ4v) is 10.0. The summed E-state index contributed by atoms with van der Waals surface area (Å²) in [5, 5.41) is 37.0. The smallest absolute Gasteiger partial charge is 0.343 e. The minimum atomic E-state index is -2.02. The lowest BCUT2D eigenvalue weighted by Gasteiger charge is -2.31. The molecule has 3 aromatic rings. The van der Waals surface area contributed by atoms with E-state index in [9.17, 15) is 48.3 Å². The van der Waals surface area contributed by atoms with Crippen molar-refractivity contribution >= 4 is 58.4 Å². The van der Waals surface area contributed by atoms with Crippen molar-refractivity contribution in [2.45, 2.75) is 122 Å². The molecule has 0 bridgehead atoms.